The predicted molar refractivity (Wildman–Crippen MR) is 65.2 cm³/mol. The monoisotopic (exact) mass is 236 g/mol. The minimum atomic E-state index is 0.110. The van der Waals surface area contributed by atoms with Gasteiger partial charge in [0.1, 0.15) is 22.5 Å². The molecule has 2 aromatic carbocycles. The molecule has 3 rings (SSSR count). The molecule has 0 aliphatic rings. The average Bonchev–Trinajstić information content (AvgIpc) is 2.81. The first-order valence-electron chi connectivity index (χ1n) is 5.33. The van der Waals surface area contributed by atoms with Crippen LogP contribution in [-0.2, 0) is 0 Å². The van der Waals surface area contributed by atoms with E-state index in [1.54, 1.807) is 42.5 Å². The predicted octanol–water partition coefficient (Wildman–Crippen LogP) is 2.00. The van der Waals surface area contributed by atoms with Crippen molar-refractivity contribution in [3.63, 3.8) is 0 Å². The highest BCUT2D eigenvalue weighted by Crippen LogP contribution is 2.21. The Bertz CT molecular complexity index is 770. The number of nitrogens with zero attached hydrogens (tertiary/aromatic N) is 4. The van der Waals surface area contributed by atoms with Gasteiger partial charge >= 0.3 is 0 Å². The SMILES string of the molecule is N#Cc1ccc2nn(-c3ccccc3O)nc2c1. The molecule has 0 aliphatic heterocycles. The second-order valence-corrected chi connectivity index (χ2v) is 3.79. The normalized spacial score (nSPS) is 10.4. The number of benzene rings is 2. The van der Waals surface area contributed by atoms with Crippen LogP contribution in [0.1, 0.15) is 5.56 Å². The molecule has 0 radical (unpaired) electrons. The molecule has 18 heavy (non-hydrogen) atoms. The third-order valence-electron chi connectivity index (χ3n) is 2.61. The first kappa shape index (κ1) is 10.3. The lowest BCUT2D eigenvalue weighted by atomic mass is 10.2. The molecule has 0 aliphatic carbocycles. The fourth-order valence-electron chi connectivity index (χ4n) is 1.73. The van der Waals surface area contributed by atoms with Crippen LogP contribution in [0.2, 0.25) is 0 Å². The van der Waals surface area contributed by atoms with Crippen LogP contribution in [0.15, 0.2) is 42.5 Å². The number of phenols is 1. The number of aromatic nitrogens is 3. The average molecular weight is 236 g/mol. The number of phenolic OH excluding ortho intramolecular Hbond substituents is 1. The molecule has 0 unspecified atom stereocenters. The molecule has 1 aromatic heterocycles. The Morgan fingerprint density at radius 1 is 1.06 bits per heavy atom. The minimum Gasteiger partial charge on any atom is -0.506 e. The maximum atomic E-state index is 9.74. The minimum absolute atomic E-state index is 0.110. The van der Waals surface area contributed by atoms with Gasteiger partial charge in [-0.25, -0.2) is 0 Å². The van der Waals surface area contributed by atoms with Crippen molar-refractivity contribution in [2.24, 2.45) is 0 Å². The van der Waals surface area contributed by atoms with Crippen LogP contribution < -0.4 is 0 Å². The Kier molecular flexibility index (Phi) is 2.21. The lowest BCUT2D eigenvalue weighted by Crippen LogP contribution is -1.98. The second-order valence-electron chi connectivity index (χ2n) is 3.79. The maximum Gasteiger partial charge on any atom is 0.143 e. The van der Waals surface area contributed by atoms with Crippen LogP contribution in [0.25, 0.3) is 16.7 Å². The van der Waals surface area contributed by atoms with E-state index in [9.17, 15) is 5.11 Å². The van der Waals surface area contributed by atoms with E-state index in [1.807, 2.05) is 0 Å². The summed E-state index contributed by atoms with van der Waals surface area (Å²) in [5.41, 5.74) is 2.34. The van der Waals surface area contributed by atoms with E-state index in [0.717, 1.165) is 0 Å². The van der Waals surface area contributed by atoms with Gasteiger partial charge in [-0.15, -0.1) is 15.0 Å². The number of fused-ring (bicyclic) bond motifs is 1. The first-order chi connectivity index (χ1) is 8.78. The zero-order valence-electron chi connectivity index (χ0n) is 9.28. The lowest BCUT2D eigenvalue weighted by Gasteiger charge is -2.00. The second kappa shape index (κ2) is 3.86. The molecule has 3 aromatic rings. The van der Waals surface area contributed by atoms with Crippen LogP contribution >= 0.6 is 0 Å². The Hall–Kier alpha value is -2.87. The van der Waals surface area contributed by atoms with Crippen molar-refractivity contribution >= 4 is 11.0 Å². The van der Waals surface area contributed by atoms with Crippen LogP contribution in [-0.4, -0.2) is 20.1 Å². The molecule has 86 valence electrons. The highest BCUT2D eigenvalue weighted by atomic mass is 16.3. The van der Waals surface area contributed by atoms with Crippen LogP contribution in [0.3, 0.4) is 0 Å². The molecule has 1 N–H and O–H groups in total. The molecular formula is C13H8N4O. The number of hydrogen-bond donors (Lipinski definition) is 1. The van der Waals surface area contributed by atoms with Gasteiger partial charge in [-0.1, -0.05) is 12.1 Å². The summed E-state index contributed by atoms with van der Waals surface area (Å²) in [7, 11) is 0. The fraction of sp³-hybridized carbons (Fsp3) is 0. The summed E-state index contributed by atoms with van der Waals surface area (Å²) in [6, 6.07) is 14.0. The molecule has 0 amide bonds. The molecule has 0 fully saturated rings. The third-order valence-corrected chi connectivity index (χ3v) is 2.61. The summed E-state index contributed by atoms with van der Waals surface area (Å²) in [6.45, 7) is 0. The summed E-state index contributed by atoms with van der Waals surface area (Å²) in [4.78, 5) is 1.36. The number of nitriles is 1. The number of aromatic hydroxyl groups is 1. The first-order valence-corrected chi connectivity index (χ1v) is 5.33. The zero-order valence-corrected chi connectivity index (χ0v) is 9.28. The fourth-order valence-corrected chi connectivity index (χ4v) is 1.73. The summed E-state index contributed by atoms with van der Waals surface area (Å²) >= 11 is 0. The Labute approximate surface area is 103 Å². The largest absolute Gasteiger partial charge is 0.506 e. The molecule has 0 bridgehead atoms. The van der Waals surface area contributed by atoms with Crippen LogP contribution in [0, 0.1) is 11.3 Å². The highest BCUT2D eigenvalue weighted by molar-refractivity contribution is 5.75. The molecule has 0 atom stereocenters. The van der Waals surface area contributed by atoms with Gasteiger partial charge in [-0.2, -0.15) is 5.26 Å². The van der Waals surface area contributed by atoms with Gasteiger partial charge in [0.05, 0.1) is 11.6 Å². The van der Waals surface area contributed by atoms with Crippen molar-refractivity contribution in [2.75, 3.05) is 0 Å². The topological polar surface area (TPSA) is 74.7 Å². The smallest absolute Gasteiger partial charge is 0.143 e. The summed E-state index contributed by atoms with van der Waals surface area (Å²) in [6.07, 6.45) is 0. The van der Waals surface area contributed by atoms with Crippen molar-refractivity contribution in [1.82, 2.24) is 15.0 Å². The molecule has 5 heteroatoms. The Morgan fingerprint density at radius 2 is 1.83 bits per heavy atom. The highest BCUT2D eigenvalue weighted by Gasteiger charge is 2.08. The standard InChI is InChI=1S/C13H8N4O/c14-8-9-5-6-10-11(7-9)16-17(15-10)12-3-1-2-4-13(12)18/h1-7,18H. The molecular weight excluding hydrogens is 228 g/mol. The summed E-state index contributed by atoms with van der Waals surface area (Å²) in [5, 5.41) is 27.1. The van der Waals surface area contributed by atoms with Gasteiger partial charge in [0.15, 0.2) is 0 Å². The Balaban J connectivity index is 2.20. The van der Waals surface area contributed by atoms with Gasteiger partial charge in [0.25, 0.3) is 0 Å². The van der Waals surface area contributed by atoms with Crippen LogP contribution in [0.4, 0.5) is 0 Å². The molecule has 0 spiro atoms. The van der Waals surface area contributed by atoms with Crippen molar-refractivity contribution in [3.05, 3.63) is 48.0 Å². The molecule has 0 saturated carbocycles. The number of para-hydroxylation sites is 2. The number of rotatable bonds is 1. The van der Waals surface area contributed by atoms with Crippen molar-refractivity contribution < 1.29 is 5.11 Å². The van der Waals surface area contributed by atoms with E-state index in [2.05, 4.69) is 16.3 Å². The summed E-state index contributed by atoms with van der Waals surface area (Å²) < 4.78 is 0. The van der Waals surface area contributed by atoms with E-state index in [4.69, 9.17) is 5.26 Å². The van der Waals surface area contributed by atoms with Gasteiger partial charge in [0.2, 0.25) is 0 Å². The molecule has 0 saturated heterocycles. The van der Waals surface area contributed by atoms with Gasteiger partial charge in [-0.05, 0) is 30.3 Å². The Morgan fingerprint density at radius 3 is 2.61 bits per heavy atom. The van der Waals surface area contributed by atoms with E-state index in [1.165, 1.54) is 4.80 Å². The molecule has 5 nitrogen and oxygen atoms in total. The maximum absolute atomic E-state index is 9.74. The van der Waals surface area contributed by atoms with Gasteiger partial charge in [-0.3, -0.25) is 0 Å². The van der Waals surface area contributed by atoms with E-state index in [0.29, 0.717) is 22.3 Å². The van der Waals surface area contributed by atoms with E-state index >= 15 is 0 Å². The number of hydrogen-bond acceptors (Lipinski definition) is 4. The van der Waals surface area contributed by atoms with Crippen molar-refractivity contribution in [3.8, 4) is 17.5 Å². The van der Waals surface area contributed by atoms with E-state index < -0.39 is 0 Å². The van der Waals surface area contributed by atoms with E-state index in [-0.39, 0.29) is 5.75 Å². The van der Waals surface area contributed by atoms with Crippen molar-refractivity contribution in [1.29, 1.82) is 5.26 Å². The third kappa shape index (κ3) is 1.57. The van der Waals surface area contributed by atoms with Crippen molar-refractivity contribution in [2.45, 2.75) is 0 Å². The van der Waals surface area contributed by atoms with Gasteiger partial charge in [0, 0.05) is 0 Å². The summed E-state index contributed by atoms with van der Waals surface area (Å²) in [5.74, 6) is 0.110. The molecule has 1 heterocycles. The zero-order chi connectivity index (χ0) is 12.5. The quantitative estimate of drug-likeness (QED) is 0.701. The van der Waals surface area contributed by atoms with Crippen LogP contribution in [0.5, 0.6) is 5.75 Å². The lowest BCUT2D eigenvalue weighted by molar-refractivity contribution is 0.468. The van der Waals surface area contributed by atoms with Gasteiger partial charge < -0.3 is 5.11 Å².